The smallest absolute Gasteiger partial charge is 0.247 e. The number of aromatic nitrogens is 3. The number of amides is 1. The molecule has 0 spiro atoms. The number of anilines is 4. The van der Waals surface area contributed by atoms with Gasteiger partial charge < -0.3 is 30.2 Å². The fraction of sp³-hybridized carbons (Fsp3) is 0.300. The van der Waals surface area contributed by atoms with Gasteiger partial charge in [0, 0.05) is 55.1 Å². The molecule has 3 N–H and O–H groups in total. The lowest BCUT2D eigenvalue weighted by Gasteiger charge is -2.26. The molecule has 1 aliphatic rings. The van der Waals surface area contributed by atoms with Crippen molar-refractivity contribution < 1.29 is 9.53 Å². The van der Waals surface area contributed by atoms with Crippen molar-refractivity contribution in [1.29, 1.82) is 0 Å². The van der Waals surface area contributed by atoms with Crippen molar-refractivity contribution in [1.82, 2.24) is 19.9 Å². The van der Waals surface area contributed by atoms with Gasteiger partial charge in [-0.15, -0.1) is 0 Å². The third-order valence-electron chi connectivity index (χ3n) is 7.19. The first-order chi connectivity index (χ1) is 19.0. The second-order valence-electron chi connectivity index (χ2n) is 9.83. The normalized spacial score (nSPS) is 13.4. The first kappa shape index (κ1) is 26.2. The molecular weight excluding hydrogens is 490 g/mol. The number of nitrogens with zero attached hydrogens (tertiary/aromatic N) is 4. The molecule has 0 unspecified atom stereocenters. The molecule has 2 aromatic carbocycles. The van der Waals surface area contributed by atoms with Gasteiger partial charge in [0.1, 0.15) is 5.75 Å². The van der Waals surface area contributed by atoms with Crippen molar-refractivity contribution in [3.8, 4) is 17.0 Å². The van der Waals surface area contributed by atoms with Crippen LogP contribution >= 0.6 is 0 Å². The summed E-state index contributed by atoms with van der Waals surface area (Å²) in [5.41, 5.74) is 6.01. The summed E-state index contributed by atoms with van der Waals surface area (Å²) in [5.74, 6) is 0.760. The van der Waals surface area contributed by atoms with E-state index in [0.717, 1.165) is 59.6 Å². The van der Waals surface area contributed by atoms with Gasteiger partial charge in [-0.1, -0.05) is 24.8 Å². The number of hydrogen-bond donors (Lipinski definition) is 3. The van der Waals surface area contributed by atoms with Gasteiger partial charge in [-0.25, -0.2) is 9.97 Å². The molecule has 1 fully saturated rings. The number of rotatable bonds is 10. The van der Waals surface area contributed by atoms with Crippen LogP contribution in [-0.2, 0) is 4.79 Å². The van der Waals surface area contributed by atoms with Gasteiger partial charge in [0.25, 0.3) is 0 Å². The Balaban J connectivity index is 1.47. The van der Waals surface area contributed by atoms with Crippen LogP contribution in [0.1, 0.15) is 18.4 Å². The summed E-state index contributed by atoms with van der Waals surface area (Å²) in [6.45, 7) is 9.66. The molecule has 0 atom stereocenters. The molecule has 1 saturated heterocycles. The molecule has 202 valence electrons. The fourth-order valence-electron chi connectivity index (χ4n) is 5.02. The molecule has 4 aromatic rings. The molecule has 1 aliphatic heterocycles. The Hall–Kier alpha value is -4.37. The number of likely N-dealkylation sites (tertiary alicyclic amines) is 1. The highest BCUT2D eigenvalue weighted by Crippen LogP contribution is 2.38. The number of carbonyl (C=O) groups is 1. The molecule has 9 heteroatoms. The summed E-state index contributed by atoms with van der Waals surface area (Å²) in [6, 6.07) is 11.9. The lowest BCUT2D eigenvalue weighted by Crippen LogP contribution is -2.32. The fourth-order valence-corrected chi connectivity index (χ4v) is 5.02. The Labute approximate surface area is 228 Å². The van der Waals surface area contributed by atoms with Crippen LogP contribution in [0.5, 0.6) is 5.75 Å². The van der Waals surface area contributed by atoms with Gasteiger partial charge in [0.15, 0.2) is 0 Å². The summed E-state index contributed by atoms with van der Waals surface area (Å²) in [5, 5.41) is 7.37. The number of benzene rings is 2. The first-order valence-electron chi connectivity index (χ1n) is 13.2. The predicted molar refractivity (Wildman–Crippen MR) is 158 cm³/mol. The maximum Gasteiger partial charge on any atom is 0.247 e. The molecule has 2 aromatic heterocycles. The van der Waals surface area contributed by atoms with Gasteiger partial charge >= 0.3 is 0 Å². The van der Waals surface area contributed by atoms with Crippen LogP contribution in [-0.4, -0.2) is 66.1 Å². The van der Waals surface area contributed by atoms with Gasteiger partial charge in [-0.2, -0.15) is 0 Å². The molecule has 5 rings (SSSR count). The number of H-pyrrole nitrogens is 1. The Kier molecular flexibility index (Phi) is 7.79. The largest absolute Gasteiger partial charge is 0.494 e. The lowest BCUT2D eigenvalue weighted by molar-refractivity contribution is -0.111. The average molecular weight is 526 g/mol. The predicted octanol–water partition coefficient (Wildman–Crippen LogP) is 5.34. The van der Waals surface area contributed by atoms with Crippen molar-refractivity contribution in [2.45, 2.75) is 19.8 Å². The molecule has 9 nitrogen and oxygen atoms in total. The highest BCUT2D eigenvalue weighted by Gasteiger charge is 2.19. The molecule has 3 heterocycles. The molecule has 0 aliphatic carbocycles. The number of likely N-dealkylation sites (N-methyl/N-ethyl adjacent to an activating group) is 1. The zero-order valence-electron chi connectivity index (χ0n) is 22.8. The standard InChI is InChI=1S/C30H35N7O2/c1-5-28(38)33-24-16-25(27(39-4)17-26(24)36(3)14-15-37-12-8-9-13-37)34-30-32-18-20(2)29(35-30)22-19-31-23-11-7-6-10-21(22)23/h5-7,10-11,16-19,31H,1,8-9,12-15H2,2-4H3,(H,33,38)(H,32,34,35). The third-order valence-corrected chi connectivity index (χ3v) is 7.19. The number of para-hydroxylation sites is 1. The van der Waals surface area contributed by atoms with Gasteiger partial charge in [0.05, 0.1) is 29.9 Å². The van der Waals surface area contributed by atoms with Crippen LogP contribution in [0.25, 0.3) is 22.2 Å². The number of hydrogen-bond acceptors (Lipinski definition) is 7. The first-order valence-corrected chi connectivity index (χ1v) is 13.2. The number of carbonyl (C=O) groups excluding carboxylic acids is 1. The molecular formula is C30H35N7O2. The average Bonchev–Trinajstić information content (AvgIpc) is 3.63. The van der Waals surface area contributed by atoms with E-state index in [2.05, 4.69) is 43.0 Å². The van der Waals surface area contributed by atoms with Crippen molar-refractivity contribution in [2.75, 3.05) is 55.9 Å². The highest BCUT2D eigenvalue weighted by atomic mass is 16.5. The molecule has 39 heavy (non-hydrogen) atoms. The van der Waals surface area contributed by atoms with E-state index in [1.807, 2.05) is 50.5 Å². The summed E-state index contributed by atoms with van der Waals surface area (Å²) in [4.78, 5) is 29.6. The maximum atomic E-state index is 12.3. The Morgan fingerprint density at radius 3 is 2.79 bits per heavy atom. The van der Waals surface area contributed by atoms with Crippen molar-refractivity contribution in [2.24, 2.45) is 0 Å². The SMILES string of the molecule is C=CC(=O)Nc1cc(Nc2ncc(C)c(-c3c[nH]c4ccccc34)n2)c(OC)cc1N(C)CCN1CCCC1. The third kappa shape index (κ3) is 5.73. The summed E-state index contributed by atoms with van der Waals surface area (Å²) in [7, 11) is 3.65. The van der Waals surface area contributed by atoms with Gasteiger partial charge in [-0.05, 0) is 56.6 Å². The van der Waals surface area contributed by atoms with E-state index in [1.165, 1.54) is 18.9 Å². The lowest BCUT2D eigenvalue weighted by atomic mass is 10.1. The van der Waals surface area contributed by atoms with E-state index < -0.39 is 0 Å². The maximum absolute atomic E-state index is 12.3. The molecule has 0 radical (unpaired) electrons. The van der Waals surface area contributed by atoms with Crippen molar-refractivity contribution in [3.05, 3.63) is 67.0 Å². The van der Waals surface area contributed by atoms with Crippen LogP contribution in [0.3, 0.4) is 0 Å². The zero-order valence-corrected chi connectivity index (χ0v) is 22.8. The Bertz CT molecular complexity index is 1490. The number of methoxy groups -OCH3 is 1. The van der Waals surface area contributed by atoms with Crippen LogP contribution in [0.2, 0.25) is 0 Å². The number of aryl methyl sites for hydroxylation is 1. The number of aromatic amines is 1. The zero-order chi connectivity index (χ0) is 27.4. The summed E-state index contributed by atoms with van der Waals surface area (Å²) in [6.07, 6.45) is 7.55. The van der Waals surface area contributed by atoms with E-state index >= 15 is 0 Å². The van der Waals surface area contributed by atoms with E-state index in [0.29, 0.717) is 23.1 Å². The van der Waals surface area contributed by atoms with Gasteiger partial charge in [-0.3, -0.25) is 4.79 Å². The minimum atomic E-state index is -0.284. The summed E-state index contributed by atoms with van der Waals surface area (Å²) < 4.78 is 5.76. The van der Waals surface area contributed by atoms with Crippen LogP contribution in [0, 0.1) is 6.92 Å². The summed E-state index contributed by atoms with van der Waals surface area (Å²) >= 11 is 0. The Morgan fingerprint density at radius 2 is 2.03 bits per heavy atom. The van der Waals surface area contributed by atoms with Crippen molar-refractivity contribution >= 4 is 39.8 Å². The van der Waals surface area contributed by atoms with Gasteiger partial charge in [0.2, 0.25) is 11.9 Å². The highest BCUT2D eigenvalue weighted by molar-refractivity contribution is 6.02. The topological polar surface area (TPSA) is 98.4 Å². The minimum absolute atomic E-state index is 0.284. The van der Waals surface area contributed by atoms with E-state index in [1.54, 1.807) is 13.3 Å². The van der Waals surface area contributed by atoms with Crippen LogP contribution < -0.4 is 20.3 Å². The number of nitrogens with one attached hydrogen (secondary N) is 3. The second-order valence-corrected chi connectivity index (χ2v) is 9.83. The monoisotopic (exact) mass is 525 g/mol. The number of fused-ring (bicyclic) bond motifs is 1. The van der Waals surface area contributed by atoms with Crippen LogP contribution in [0.15, 0.2) is 61.4 Å². The Morgan fingerprint density at radius 1 is 1.23 bits per heavy atom. The van der Waals surface area contributed by atoms with Crippen LogP contribution in [0.4, 0.5) is 23.0 Å². The minimum Gasteiger partial charge on any atom is -0.494 e. The van der Waals surface area contributed by atoms with E-state index in [4.69, 9.17) is 9.72 Å². The van der Waals surface area contributed by atoms with E-state index in [-0.39, 0.29) is 5.91 Å². The number of ether oxygens (including phenoxy) is 1. The second kappa shape index (κ2) is 11.6. The molecule has 0 bridgehead atoms. The quantitative estimate of drug-likeness (QED) is 0.240. The molecule has 0 saturated carbocycles. The van der Waals surface area contributed by atoms with E-state index in [9.17, 15) is 4.79 Å². The van der Waals surface area contributed by atoms with Crippen molar-refractivity contribution in [3.63, 3.8) is 0 Å². The molecule has 1 amide bonds.